The molecule has 1 aromatic heterocycles. The maximum atomic E-state index is 9.62. The lowest BCUT2D eigenvalue weighted by atomic mass is 10.4. The van der Waals surface area contributed by atoms with Crippen LogP contribution < -0.4 is 0 Å². The number of aromatic amines is 1. The van der Waals surface area contributed by atoms with Gasteiger partial charge in [-0.05, 0) is 0 Å². The minimum absolute atomic E-state index is 0.981. The average Bonchev–Trinajstić information content (AvgIpc) is 2.59. The molecule has 0 saturated carbocycles. The summed E-state index contributed by atoms with van der Waals surface area (Å²) < 4.78 is 0. The maximum Gasteiger partial charge on any atom is 0.354 e. The fraction of sp³-hybridized carbons (Fsp3) is 0. The van der Waals surface area contributed by atoms with Gasteiger partial charge in [-0.25, -0.2) is 14.6 Å². The van der Waals surface area contributed by atoms with Crippen LogP contribution in [0.4, 0.5) is 0 Å². The van der Waals surface area contributed by atoms with Crippen molar-refractivity contribution in [3.8, 4) is 0 Å². The van der Waals surface area contributed by atoms with E-state index in [9.17, 15) is 9.59 Å². The summed E-state index contributed by atoms with van der Waals surface area (Å²) >= 11 is 3.90. The van der Waals surface area contributed by atoms with Crippen molar-refractivity contribution in [2.45, 2.75) is 0 Å². The Labute approximate surface area is 77.4 Å². The molecular formula is C5H5N3O4S. The summed E-state index contributed by atoms with van der Waals surface area (Å²) in [7, 11) is 0. The Kier molecular flexibility index (Phi) is 4.96. The highest BCUT2D eigenvalue weighted by Crippen LogP contribution is 1.75. The molecule has 0 atom stereocenters. The molecule has 1 rings (SSSR count). The zero-order valence-corrected chi connectivity index (χ0v) is 6.98. The average molecular weight is 203 g/mol. The van der Waals surface area contributed by atoms with Gasteiger partial charge in [-0.1, -0.05) is 12.2 Å². The molecule has 8 heteroatoms. The van der Waals surface area contributed by atoms with Gasteiger partial charge in [-0.15, -0.1) is 0 Å². The van der Waals surface area contributed by atoms with Gasteiger partial charge in [0, 0.05) is 0 Å². The topological polar surface area (TPSA) is 116 Å². The van der Waals surface area contributed by atoms with Crippen LogP contribution in [0.3, 0.4) is 0 Å². The van der Waals surface area contributed by atoms with E-state index in [0.29, 0.717) is 0 Å². The highest BCUT2D eigenvalue weighted by molar-refractivity contribution is 7.83. The summed E-state index contributed by atoms with van der Waals surface area (Å²) in [5, 5.41) is 21.6. The summed E-state index contributed by atoms with van der Waals surface area (Å²) in [5.41, 5.74) is 0. The van der Waals surface area contributed by atoms with Crippen molar-refractivity contribution in [2.24, 2.45) is 0 Å². The lowest BCUT2D eigenvalue weighted by Gasteiger charge is -1.83. The van der Waals surface area contributed by atoms with Crippen LogP contribution in [0.2, 0.25) is 0 Å². The molecule has 0 radical (unpaired) electrons. The van der Waals surface area contributed by atoms with Crippen LogP contribution in [-0.4, -0.2) is 42.2 Å². The lowest BCUT2D eigenvalue weighted by molar-refractivity contribution is -0.133. The molecule has 0 fully saturated rings. The molecule has 0 aliphatic rings. The van der Waals surface area contributed by atoms with Crippen molar-refractivity contribution in [3.63, 3.8) is 0 Å². The smallest absolute Gasteiger partial charge is 0.354 e. The molecule has 13 heavy (non-hydrogen) atoms. The van der Waals surface area contributed by atoms with Crippen molar-refractivity contribution in [3.05, 3.63) is 12.7 Å². The molecule has 0 aliphatic heterocycles. The number of H-pyrrole nitrogens is 1. The minimum atomic E-state index is -1.58. The molecule has 70 valence electrons. The van der Waals surface area contributed by atoms with E-state index in [1.54, 1.807) is 0 Å². The predicted molar refractivity (Wildman–Crippen MR) is 44.3 cm³/mol. The second-order valence-electron chi connectivity index (χ2n) is 1.59. The SMILES string of the molecule is O=C(O)C(=S)C(=O)O.c1nc[nH]n1. The molecular weight excluding hydrogens is 198 g/mol. The van der Waals surface area contributed by atoms with Gasteiger partial charge in [0.15, 0.2) is 0 Å². The number of thiocarbonyl (C=S) groups is 1. The van der Waals surface area contributed by atoms with E-state index in [2.05, 4.69) is 27.4 Å². The normalized spacial score (nSPS) is 8.00. The summed E-state index contributed by atoms with van der Waals surface area (Å²) in [6.45, 7) is 0. The number of aliphatic carboxylic acids is 2. The Bertz CT molecular complexity index is 264. The van der Waals surface area contributed by atoms with E-state index < -0.39 is 16.8 Å². The number of aromatic nitrogens is 3. The molecule has 0 unspecified atom stereocenters. The Morgan fingerprint density at radius 2 is 1.85 bits per heavy atom. The fourth-order valence-electron chi connectivity index (χ4n) is 0.258. The van der Waals surface area contributed by atoms with Crippen LogP contribution >= 0.6 is 12.2 Å². The summed E-state index contributed by atoms with van der Waals surface area (Å²) in [6.07, 6.45) is 2.96. The molecule has 1 aromatic rings. The largest absolute Gasteiger partial charge is 0.477 e. The second kappa shape index (κ2) is 5.77. The number of carboxylic acid groups (broad SMARTS) is 2. The third-order valence-corrected chi connectivity index (χ3v) is 1.07. The molecule has 0 aliphatic carbocycles. The number of hydrogen-bond donors (Lipinski definition) is 3. The van der Waals surface area contributed by atoms with E-state index in [1.807, 2.05) is 0 Å². The van der Waals surface area contributed by atoms with E-state index in [1.165, 1.54) is 12.7 Å². The summed E-state index contributed by atoms with van der Waals surface area (Å²) in [6, 6.07) is 0. The summed E-state index contributed by atoms with van der Waals surface area (Å²) in [5.74, 6) is -3.15. The predicted octanol–water partition coefficient (Wildman–Crippen LogP) is -0.670. The zero-order valence-electron chi connectivity index (χ0n) is 6.17. The van der Waals surface area contributed by atoms with Gasteiger partial charge >= 0.3 is 11.9 Å². The second-order valence-corrected chi connectivity index (χ2v) is 2.00. The van der Waals surface area contributed by atoms with Crippen LogP contribution in [0.1, 0.15) is 0 Å². The molecule has 0 aromatic carbocycles. The van der Waals surface area contributed by atoms with Crippen molar-refractivity contribution in [1.29, 1.82) is 0 Å². The third kappa shape index (κ3) is 5.44. The Hall–Kier alpha value is -1.83. The highest BCUT2D eigenvalue weighted by atomic mass is 32.1. The van der Waals surface area contributed by atoms with Gasteiger partial charge in [0.05, 0.1) is 0 Å². The number of nitrogens with one attached hydrogen (secondary N) is 1. The molecule has 7 nitrogen and oxygen atoms in total. The number of nitrogens with zero attached hydrogens (tertiary/aromatic N) is 2. The number of carbonyl (C=O) groups is 2. The molecule has 0 amide bonds. The Balaban J connectivity index is 0.000000243. The molecule has 1 heterocycles. The van der Waals surface area contributed by atoms with Gasteiger partial charge in [0.2, 0.25) is 4.86 Å². The van der Waals surface area contributed by atoms with Crippen molar-refractivity contribution < 1.29 is 19.8 Å². The summed E-state index contributed by atoms with van der Waals surface area (Å²) in [4.78, 5) is 21.8. The van der Waals surface area contributed by atoms with Gasteiger partial charge in [0.1, 0.15) is 12.7 Å². The van der Waals surface area contributed by atoms with Gasteiger partial charge < -0.3 is 10.2 Å². The highest BCUT2D eigenvalue weighted by Gasteiger charge is 2.13. The molecule has 3 N–H and O–H groups in total. The number of hydrogen-bond acceptors (Lipinski definition) is 5. The van der Waals surface area contributed by atoms with E-state index in [4.69, 9.17) is 10.2 Å². The van der Waals surface area contributed by atoms with Gasteiger partial charge in [0.25, 0.3) is 0 Å². The van der Waals surface area contributed by atoms with E-state index in [-0.39, 0.29) is 0 Å². The zero-order chi connectivity index (χ0) is 10.3. The van der Waals surface area contributed by atoms with Crippen LogP contribution in [0.25, 0.3) is 0 Å². The lowest BCUT2D eigenvalue weighted by Crippen LogP contribution is -2.19. The van der Waals surface area contributed by atoms with E-state index >= 15 is 0 Å². The first-order chi connectivity index (χ1) is 6.05. The van der Waals surface area contributed by atoms with Crippen LogP contribution in [0.15, 0.2) is 12.7 Å². The van der Waals surface area contributed by atoms with Crippen molar-refractivity contribution in [2.75, 3.05) is 0 Å². The Morgan fingerprint density at radius 3 is 1.92 bits per heavy atom. The van der Waals surface area contributed by atoms with Crippen LogP contribution in [-0.2, 0) is 9.59 Å². The van der Waals surface area contributed by atoms with E-state index in [0.717, 1.165) is 0 Å². The van der Waals surface area contributed by atoms with Crippen molar-refractivity contribution >= 4 is 29.0 Å². The molecule has 0 saturated heterocycles. The Morgan fingerprint density at radius 1 is 1.31 bits per heavy atom. The molecule has 0 spiro atoms. The number of rotatable bonds is 2. The quantitative estimate of drug-likeness (QED) is 0.431. The standard InChI is InChI=1S/C3H2O4S.C2H3N3/c4-2(5)1(8)3(6)7;1-3-2-5-4-1/h(H,4,5)(H,6,7);1-2H,(H,3,4,5). The maximum absolute atomic E-state index is 9.62. The third-order valence-electron chi connectivity index (χ3n) is 0.720. The first-order valence-corrected chi connectivity index (χ1v) is 3.25. The van der Waals surface area contributed by atoms with Gasteiger partial charge in [-0.3, -0.25) is 5.10 Å². The minimum Gasteiger partial charge on any atom is -0.477 e. The fourth-order valence-corrected chi connectivity index (χ4v) is 0.258. The first-order valence-electron chi connectivity index (χ1n) is 2.85. The van der Waals surface area contributed by atoms with Crippen LogP contribution in [0, 0.1) is 0 Å². The number of carboxylic acids is 2. The van der Waals surface area contributed by atoms with Gasteiger partial charge in [-0.2, -0.15) is 5.10 Å². The monoisotopic (exact) mass is 203 g/mol. The van der Waals surface area contributed by atoms with Crippen molar-refractivity contribution in [1.82, 2.24) is 15.2 Å². The first kappa shape index (κ1) is 11.2. The van der Waals surface area contributed by atoms with Crippen LogP contribution in [0.5, 0.6) is 0 Å². The molecule has 0 bridgehead atoms.